The number of amides is 1. The molecule has 1 saturated heterocycles. The zero-order valence-corrected chi connectivity index (χ0v) is 16.0. The number of carbonyl (C=O) groups is 2. The van der Waals surface area contributed by atoms with E-state index in [1.54, 1.807) is 11.0 Å². The molecule has 150 valence electrons. The quantitative estimate of drug-likeness (QED) is 0.720. The van der Waals surface area contributed by atoms with Gasteiger partial charge in [0.15, 0.2) is 16.4 Å². The van der Waals surface area contributed by atoms with Crippen LogP contribution in [0.4, 0.5) is 0 Å². The van der Waals surface area contributed by atoms with Gasteiger partial charge in [-0.2, -0.15) is 0 Å². The van der Waals surface area contributed by atoms with Crippen molar-refractivity contribution in [2.24, 2.45) is 0 Å². The van der Waals surface area contributed by atoms with E-state index < -0.39 is 22.4 Å². The summed E-state index contributed by atoms with van der Waals surface area (Å²) in [5.74, 6) is -0.775. The summed E-state index contributed by atoms with van der Waals surface area (Å²) < 4.78 is 33.9. The van der Waals surface area contributed by atoms with E-state index in [1.807, 2.05) is 0 Å². The maximum atomic E-state index is 12.6. The fourth-order valence-corrected chi connectivity index (χ4v) is 5.40. The average molecular weight is 407 g/mol. The summed E-state index contributed by atoms with van der Waals surface area (Å²) in [5.41, 5.74) is 1.06. The number of rotatable bonds is 6. The standard InChI is InChI=1S/C19H21NO7S/c21-15-3-4-16-12(9-26-17(16)8-15)7-19(23)27-10-18(22)20(13-1-2-13)14-5-6-28(24,25)11-14/h3-4,8-9,13-14,21H,1-2,5-7,10-11H2/t14-/m0/s1. The van der Waals surface area contributed by atoms with E-state index in [-0.39, 0.29) is 41.7 Å². The van der Waals surface area contributed by atoms with Gasteiger partial charge in [-0.3, -0.25) is 9.59 Å². The number of hydrogen-bond donors (Lipinski definition) is 1. The lowest BCUT2D eigenvalue weighted by atomic mass is 10.1. The summed E-state index contributed by atoms with van der Waals surface area (Å²) >= 11 is 0. The van der Waals surface area contributed by atoms with Crippen molar-refractivity contribution in [1.82, 2.24) is 4.90 Å². The van der Waals surface area contributed by atoms with Crippen LogP contribution in [0.1, 0.15) is 24.8 Å². The van der Waals surface area contributed by atoms with Crippen LogP contribution in [0.15, 0.2) is 28.9 Å². The molecule has 1 aliphatic carbocycles. The molecule has 1 aromatic heterocycles. The lowest BCUT2D eigenvalue weighted by molar-refractivity contribution is -0.152. The van der Waals surface area contributed by atoms with Gasteiger partial charge < -0.3 is 19.2 Å². The van der Waals surface area contributed by atoms with Crippen molar-refractivity contribution in [3.05, 3.63) is 30.0 Å². The van der Waals surface area contributed by atoms with E-state index in [2.05, 4.69) is 0 Å². The molecule has 1 aliphatic heterocycles. The van der Waals surface area contributed by atoms with Crippen LogP contribution in [0, 0.1) is 0 Å². The highest BCUT2D eigenvalue weighted by molar-refractivity contribution is 7.91. The smallest absolute Gasteiger partial charge is 0.310 e. The van der Waals surface area contributed by atoms with Crippen molar-refractivity contribution < 1.29 is 32.3 Å². The number of sulfone groups is 1. The van der Waals surface area contributed by atoms with E-state index in [4.69, 9.17) is 9.15 Å². The summed E-state index contributed by atoms with van der Waals surface area (Å²) in [6.07, 6.45) is 3.50. The average Bonchev–Trinajstić information content (AvgIpc) is 3.29. The molecule has 8 nitrogen and oxygen atoms in total. The molecule has 28 heavy (non-hydrogen) atoms. The topological polar surface area (TPSA) is 114 Å². The third-order valence-electron chi connectivity index (χ3n) is 5.16. The number of ether oxygens (including phenoxy) is 1. The van der Waals surface area contributed by atoms with Crippen LogP contribution < -0.4 is 0 Å². The summed E-state index contributed by atoms with van der Waals surface area (Å²) in [4.78, 5) is 26.4. The zero-order chi connectivity index (χ0) is 19.9. The van der Waals surface area contributed by atoms with E-state index in [1.165, 1.54) is 18.4 Å². The predicted molar refractivity (Wildman–Crippen MR) is 99.5 cm³/mol. The minimum absolute atomic E-state index is 0.0168. The van der Waals surface area contributed by atoms with Gasteiger partial charge in [0.05, 0.1) is 24.2 Å². The van der Waals surface area contributed by atoms with Gasteiger partial charge in [-0.15, -0.1) is 0 Å². The first-order chi connectivity index (χ1) is 13.3. The first-order valence-corrected chi connectivity index (χ1v) is 11.0. The fourth-order valence-electron chi connectivity index (χ4n) is 3.68. The molecule has 1 aromatic carbocycles. The lowest BCUT2D eigenvalue weighted by Crippen LogP contribution is -2.44. The highest BCUT2D eigenvalue weighted by atomic mass is 32.2. The largest absolute Gasteiger partial charge is 0.508 e. The number of fused-ring (bicyclic) bond motifs is 1. The van der Waals surface area contributed by atoms with Gasteiger partial charge in [-0.05, 0) is 31.4 Å². The first kappa shape index (κ1) is 18.8. The number of nitrogens with zero attached hydrogens (tertiary/aromatic N) is 1. The summed E-state index contributed by atoms with van der Waals surface area (Å²) in [6, 6.07) is 4.33. The Hall–Kier alpha value is -2.55. The Morgan fingerprint density at radius 3 is 2.68 bits per heavy atom. The zero-order valence-electron chi connectivity index (χ0n) is 15.2. The molecule has 4 rings (SSSR count). The van der Waals surface area contributed by atoms with Gasteiger partial charge in [0.25, 0.3) is 5.91 Å². The normalized spacial score (nSPS) is 20.9. The van der Waals surface area contributed by atoms with Crippen molar-refractivity contribution >= 4 is 32.7 Å². The minimum Gasteiger partial charge on any atom is -0.508 e. The molecular formula is C19H21NO7S. The molecule has 1 N–H and O–H groups in total. The molecule has 1 atom stereocenters. The number of phenolic OH excluding ortho intramolecular Hbond substituents is 1. The van der Waals surface area contributed by atoms with Crippen molar-refractivity contribution in [2.45, 2.75) is 37.8 Å². The van der Waals surface area contributed by atoms with Crippen LogP contribution in [-0.4, -0.2) is 60.5 Å². The maximum Gasteiger partial charge on any atom is 0.310 e. The van der Waals surface area contributed by atoms with E-state index in [0.717, 1.165) is 12.8 Å². The number of benzene rings is 1. The second-order valence-electron chi connectivity index (χ2n) is 7.37. The Morgan fingerprint density at radius 2 is 2.00 bits per heavy atom. The van der Waals surface area contributed by atoms with Crippen molar-refractivity contribution in [3.8, 4) is 5.75 Å². The van der Waals surface area contributed by atoms with Gasteiger partial charge >= 0.3 is 5.97 Å². The predicted octanol–water partition coefficient (Wildman–Crippen LogP) is 1.40. The molecule has 2 aliphatic rings. The number of phenols is 1. The second kappa shape index (κ2) is 7.12. The second-order valence-corrected chi connectivity index (χ2v) is 9.60. The summed E-state index contributed by atoms with van der Waals surface area (Å²) in [7, 11) is -3.10. The molecule has 2 fully saturated rings. The fraction of sp³-hybridized carbons (Fsp3) is 0.474. The maximum absolute atomic E-state index is 12.6. The van der Waals surface area contributed by atoms with Crippen LogP contribution in [-0.2, 0) is 30.6 Å². The van der Waals surface area contributed by atoms with Crippen LogP contribution in [0.2, 0.25) is 0 Å². The van der Waals surface area contributed by atoms with Crippen LogP contribution in [0.5, 0.6) is 5.75 Å². The van der Waals surface area contributed by atoms with Crippen molar-refractivity contribution in [1.29, 1.82) is 0 Å². The molecular weight excluding hydrogens is 386 g/mol. The number of esters is 1. The number of furan rings is 1. The molecule has 1 amide bonds. The van der Waals surface area contributed by atoms with Crippen LogP contribution in [0.3, 0.4) is 0 Å². The molecule has 2 heterocycles. The van der Waals surface area contributed by atoms with Gasteiger partial charge in [0.2, 0.25) is 0 Å². The third kappa shape index (κ3) is 3.99. The van der Waals surface area contributed by atoms with Gasteiger partial charge in [-0.25, -0.2) is 8.42 Å². The highest BCUT2D eigenvalue weighted by Crippen LogP contribution is 2.32. The molecule has 1 saturated carbocycles. The Bertz CT molecular complexity index is 1020. The molecule has 0 radical (unpaired) electrons. The minimum atomic E-state index is -3.10. The Kier molecular flexibility index (Phi) is 4.78. The van der Waals surface area contributed by atoms with E-state index in [9.17, 15) is 23.1 Å². The number of carbonyl (C=O) groups excluding carboxylic acids is 2. The van der Waals surface area contributed by atoms with Gasteiger partial charge in [-0.1, -0.05) is 0 Å². The van der Waals surface area contributed by atoms with E-state index >= 15 is 0 Å². The first-order valence-electron chi connectivity index (χ1n) is 9.19. The Balaban J connectivity index is 1.36. The van der Waals surface area contributed by atoms with Crippen LogP contribution in [0.25, 0.3) is 11.0 Å². The number of aromatic hydroxyl groups is 1. The molecule has 2 aromatic rings. The molecule has 0 spiro atoms. The molecule has 9 heteroatoms. The Morgan fingerprint density at radius 1 is 1.21 bits per heavy atom. The third-order valence-corrected chi connectivity index (χ3v) is 6.91. The lowest BCUT2D eigenvalue weighted by Gasteiger charge is -2.28. The van der Waals surface area contributed by atoms with E-state index in [0.29, 0.717) is 23.0 Å². The Labute approximate surface area is 162 Å². The van der Waals surface area contributed by atoms with Crippen LogP contribution >= 0.6 is 0 Å². The van der Waals surface area contributed by atoms with Crippen molar-refractivity contribution in [2.75, 3.05) is 18.1 Å². The number of hydrogen-bond acceptors (Lipinski definition) is 7. The molecule has 0 bridgehead atoms. The molecule has 0 unspecified atom stereocenters. The SMILES string of the molecule is O=C(Cc1coc2cc(O)ccc12)OCC(=O)N(C1CC1)[C@H]1CCS(=O)(=O)C1. The summed E-state index contributed by atoms with van der Waals surface area (Å²) in [5, 5.41) is 10.2. The highest BCUT2D eigenvalue weighted by Gasteiger charge is 2.42. The van der Waals surface area contributed by atoms with Crippen molar-refractivity contribution in [3.63, 3.8) is 0 Å². The summed E-state index contributed by atoms with van der Waals surface area (Å²) in [6.45, 7) is -0.400. The monoisotopic (exact) mass is 407 g/mol. The van der Waals surface area contributed by atoms with Gasteiger partial charge in [0.1, 0.15) is 11.3 Å². The van der Waals surface area contributed by atoms with Gasteiger partial charge in [0, 0.05) is 29.1 Å².